The predicted octanol–water partition coefficient (Wildman–Crippen LogP) is 4.74. The van der Waals surface area contributed by atoms with E-state index < -0.39 is 5.97 Å². The molecule has 142 valence electrons. The number of methoxy groups -OCH3 is 1. The molecule has 0 saturated heterocycles. The van der Waals surface area contributed by atoms with Crippen molar-refractivity contribution in [3.05, 3.63) is 71.0 Å². The van der Waals surface area contributed by atoms with E-state index in [1.165, 1.54) is 24.7 Å². The van der Waals surface area contributed by atoms with Gasteiger partial charge in [0, 0.05) is 18.3 Å². The molecule has 2 heterocycles. The molecule has 28 heavy (non-hydrogen) atoms. The van der Waals surface area contributed by atoms with Gasteiger partial charge < -0.3 is 15.0 Å². The van der Waals surface area contributed by atoms with Gasteiger partial charge in [-0.1, -0.05) is 29.8 Å². The number of rotatable bonds is 4. The van der Waals surface area contributed by atoms with Gasteiger partial charge in [0.05, 0.1) is 23.4 Å². The standard InChI is InChI=1S/C21H19ClN4O2/c1-28-21(27)15-8-9-16(22)17(11-15)25-19-12-20(24-13-23-19)26-10-4-6-14-5-2-3-7-18(14)26/h2-3,5,7-9,11-13H,4,6,10H2,1H3,(H,23,24,25). The number of carbonyl (C=O) groups excluding carboxylic acids is 1. The van der Waals surface area contributed by atoms with Gasteiger partial charge in [-0.2, -0.15) is 0 Å². The highest BCUT2D eigenvalue weighted by atomic mass is 35.5. The zero-order valence-electron chi connectivity index (χ0n) is 15.4. The molecule has 1 aliphatic rings. The Labute approximate surface area is 168 Å². The van der Waals surface area contributed by atoms with Crippen molar-refractivity contribution in [3.8, 4) is 0 Å². The Balaban J connectivity index is 1.63. The van der Waals surface area contributed by atoms with Crippen LogP contribution in [0.5, 0.6) is 0 Å². The van der Waals surface area contributed by atoms with Crippen molar-refractivity contribution in [2.45, 2.75) is 12.8 Å². The van der Waals surface area contributed by atoms with Crippen LogP contribution in [0.15, 0.2) is 54.9 Å². The van der Waals surface area contributed by atoms with Crippen molar-refractivity contribution in [2.75, 3.05) is 23.9 Å². The maximum absolute atomic E-state index is 11.8. The normalized spacial score (nSPS) is 13.0. The average molecular weight is 395 g/mol. The smallest absolute Gasteiger partial charge is 0.337 e. The number of hydrogen-bond donors (Lipinski definition) is 1. The van der Waals surface area contributed by atoms with Crippen LogP contribution in [0.2, 0.25) is 5.02 Å². The number of benzene rings is 2. The maximum atomic E-state index is 11.8. The molecule has 0 unspecified atom stereocenters. The van der Waals surface area contributed by atoms with Crippen molar-refractivity contribution in [2.24, 2.45) is 0 Å². The van der Waals surface area contributed by atoms with E-state index in [9.17, 15) is 4.79 Å². The molecule has 2 aromatic carbocycles. The van der Waals surface area contributed by atoms with Crippen LogP contribution in [0.25, 0.3) is 0 Å². The van der Waals surface area contributed by atoms with Crippen molar-refractivity contribution in [3.63, 3.8) is 0 Å². The van der Waals surface area contributed by atoms with E-state index in [0.717, 1.165) is 25.2 Å². The first kappa shape index (κ1) is 18.3. The third-order valence-corrected chi connectivity index (χ3v) is 5.02. The van der Waals surface area contributed by atoms with Gasteiger partial charge in [-0.3, -0.25) is 0 Å². The molecule has 1 N–H and O–H groups in total. The Bertz CT molecular complexity index is 1020. The number of aryl methyl sites for hydroxylation is 1. The third kappa shape index (κ3) is 3.64. The van der Waals surface area contributed by atoms with E-state index in [0.29, 0.717) is 22.1 Å². The van der Waals surface area contributed by atoms with Crippen LogP contribution in [0.1, 0.15) is 22.3 Å². The zero-order chi connectivity index (χ0) is 19.5. The van der Waals surface area contributed by atoms with Crippen LogP contribution in [0.4, 0.5) is 23.0 Å². The molecule has 6 nitrogen and oxygen atoms in total. The van der Waals surface area contributed by atoms with Crippen molar-refractivity contribution >= 4 is 40.6 Å². The lowest BCUT2D eigenvalue weighted by atomic mass is 10.0. The second-order valence-corrected chi connectivity index (χ2v) is 6.86. The Hall–Kier alpha value is -3.12. The Morgan fingerprint density at radius 2 is 2.04 bits per heavy atom. The second-order valence-electron chi connectivity index (χ2n) is 6.46. The lowest BCUT2D eigenvalue weighted by Gasteiger charge is -2.30. The first-order chi connectivity index (χ1) is 13.7. The molecule has 1 aliphatic heterocycles. The van der Waals surface area contributed by atoms with Crippen LogP contribution < -0.4 is 10.2 Å². The molecule has 0 saturated carbocycles. The highest BCUT2D eigenvalue weighted by Crippen LogP contribution is 2.33. The van der Waals surface area contributed by atoms with Gasteiger partial charge in [0.2, 0.25) is 0 Å². The molecular weight excluding hydrogens is 376 g/mol. The van der Waals surface area contributed by atoms with E-state index in [4.69, 9.17) is 16.3 Å². The molecule has 0 atom stereocenters. The monoisotopic (exact) mass is 394 g/mol. The van der Waals surface area contributed by atoms with Gasteiger partial charge in [-0.15, -0.1) is 0 Å². The van der Waals surface area contributed by atoms with Gasteiger partial charge in [-0.05, 0) is 42.7 Å². The fourth-order valence-electron chi connectivity index (χ4n) is 3.34. The average Bonchev–Trinajstić information content (AvgIpc) is 2.74. The molecule has 4 rings (SSSR count). The van der Waals surface area contributed by atoms with E-state index >= 15 is 0 Å². The molecule has 1 aromatic heterocycles. The number of halogens is 1. The topological polar surface area (TPSA) is 67.3 Å². The van der Waals surface area contributed by atoms with Crippen molar-refractivity contribution < 1.29 is 9.53 Å². The van der Waals surface area contributed by atoms with Crippen LogP contribution in [-0.2, 0) is 11.2 Å². The quantitative estimate of drug-likeness (QED) is 0.644. The van der Waals surface area contributed by atoms with E-state index in [1.54, 1.807) is 18.2 Å². The summed E-state index contributed by atoms with van der Waals surface area (Å²) in [6.07, 6.45) is 3.66. The zero-order valence-corrected chi connectivity index (χ0v) is 16.1. The summed E-state index contributed by atoms with van der Waals surface area (Å²) in [6.45, 7) is 0.895. The fraction of sp³-hybridized carbons (Fsp3) is 0.190. The van der Waals surface area contributed by atoms with Crippen molar-refractivity contribution in [1.82, 2.24) is 9.97 Å². The first-order valence-electron chi connectivity index (χ1n) is 8.98. The summed E-state index contributed by atoms with van der Waals surface area (Å²) in [5.74, 6) is 0.981. The summed E-state index contributed by atoms with van der Waals surface area (Å²) in [4.78, 5) is 22.7. The summed E-state index contributed by atoms with van der Waals surface area (Å²) in [5, 5.41) is 3.66. The Morgan fingerprint density at radius 3 is 2.89 bits per heavy atom. The number of fused-ring (bicyclic) bond motifs is 1. The number of nitrogens with one attached hydrogen (secondary N) is 1. The number of aromatic nitrogens is 2. The minimum atomic E-state index is -0.423. The van der Waals surface area contributed by atoms with Crippen LogP contribution in [0.3, 0.4) is 0 Å². The molecule has 0 radical (unpaired) electrons. The molecule has 3 aromatic rings. The number of hydrogen-bond acceptors (Lipinski definition) is 6. The summed E-state index contributed by atoms with van der Waals surface area (Å²) < 4.78 is 4.77. The van der Waals surface area contributed by atoms with Crippen molar-refractivity contribution in [1.29, 1.82) is 0 Å². The molecule has 0 amide bonds. The van der Waals surface area contributed by atoms with Crippen LogP contribution >= 0.6 is 11.6 Å². The van der Waals surface area contributed by atoms with E-state index in [-0.39, 0.29) is 0 Å². The minimum Gasteiger partial charge on any atom is -0.465 e. The fourth-order valence-corrected chi connectivity index (χ4v) is 3.50. The third-order valence-electron chi connectivity index (χ3n) is 4.69. The lowest BCUT2D eigenvalue weighted by Crippen LogP contribution is -2.25. The molecule has 7 heteroatoms. The SMILES string of the molecule is COC(=O)c1ccc(Cl)c(Nc2cc(N3CCCc4ccccc43)ncn2)c1. The Kier molecular flexibility index (Phi) is 5.12. The highest BCUT2D eigenvalue weighted by Gasteiger charge is 2.19. The van der Waals surface area contributed by atoms with Gasteiger partial charge in [0.25, 0.3) is 0 Å². The molecular formula is C21H19ClN4O2. The summed E-state index contributed by atoms with van der Waals surface area (Å²) in [5.41, 5.74) is 3.47. The van der Waals surface area contributed by atoms with E-state index in [2.05, 4.69) is 38.4 Å². The summed E-state index contributed by atoms with van der Waals surface area (Å²) >= 11 is 6.28. The first-order valence-corrected chi connectivity index (χ1v) is 9.36. The number of para-hydroxylation sites is 1. The molecule has 0 fully saturated rings. The molecule has 0 aliphatic carbocycles. The second kappa shape index (κ2) is 7.86. The van der Waals surface area contributed by atoms with Gasteiger partial charge >= 0.3 is 5.97 Å². The number of anilines is 4. The molecule has 0 spiro atoms. The Morgan fingerprint density at radius 1 is 1.18 bits per heavy atom. The maximum Gasteiger partial charge on any atom is 0.337 e. The van der Waals surface area contributed by atoms with Crippen LogP contribution in [0, 0.1) is 0 Å². The number of carbonyl (C=O) groups is 1. The summed E-state index contributed by atoms with van der Waals surface area (Å²) in [6, 6.07) is 15.2. The van der Waals surface area contributed by atoms with Gasteiger partial charge in [0.15, 0.2) is 0 Å². The predicted molar refractivity (Wildman–Crippen MR) is 110 cm³/mol. The largest absolute Gasteiger partial charge is 0.465 e. The van der Waals surface area contributed by atoms with Crippen LogP contribution in [-0.4, -0.2) is 29.6 Å². The summed E-state index contributed by atoms with van der Waals surface area (Å²) in [7, 11) is 1.34. The number of ether oxygens (including phenoxy) is 1. The minimum absolute atomic E-state index is 0.411. The number of esters is 1. The lowest BCUT2D eigenvalue weighted by molar-refractivity contribution is 0.0601. The van der Waals surface area contributed by atoms with Gasteiger partial charge in [-0.25, -0.2) is 14.8 Å². The van der Waals surface area contributed by atoms with E-state index in [1.807, 2.05) is 12.1 Å². The van der Waals surface area contributed by atoms with Gasteiger partial charge in [0.1, 0.15) is 18.0 Å². The highest BCUT2D eigenvalue weighted by molar-refractivity contribution is 6.33. The number of nitrogens with zero attached hydrogens (tertiary/aromatic N) is 3. The molecule has 0 bridgehead atoms.